The molecule has 178 valence electrons. The predicted molar refractivity (Wildman–Crippen MR) is 122 cm³/mol. The van der Waals surface area contributed by atoms with Crippen LogP contribution < -0.4 is 10.6 Å². The molecule has 1 aromatic heterocycles. The van der Waals surface area contributed by atoms with E-state index in [9.17, 15) is 19.5 Å². The summed E-state index contributed by atoms with van der Waals surface area (Å²) >= 11 is 0. The van der Waals surface area contributed by atoms with Gasteiger partial charge in [-0.25, -0.2) is 14.6 Å². The number of aromatic nitrogens is 2. The second-order valence-corrected chi connectivity index (χ2v) is 7.49. The van der Waals surface area contributed by atoms with Gasteiger partial charge in [0.15, 0.2) is 0 Å². The summed E-state index contributed by atoms with van der Waals surface area (Å²) in [5, 5.41) is 14.7. The Morgan fingerprint density at radius 2 is 1.71 bits per heavy atom. The molecule has 4 N–H and O–H groups in total. The molecular weight excluding hydrogens is 440 g/mol. The van der Waals surface area contributed by atoms with Gasteiger partial charge in [-0.3, -0.25) is 4.79 Å². The molecule has 3 rings (SSSR count). The van der Waals surface area contributed by atoms with E-state index in [1.165, 1.54) is 31.8 Å². The Morgan fingerprint density at radius 3 is 2.35 bits per heavy atom. The number of H-pyrrole nitrogens is 1. The molecule has 0 aliphatic rings. The Kier molecular flexibility index (Phi) is 8.61. The van der Waals surface area contributed by atoms with Gasteiger partial charge in [-0.2, -0.15) is 0 Å². The highest BCUT2D eigenvalue weighted by atomic mass is 16.5. The maximum Gasteiger partial charge on any atom is 0.408 e. The first-order valence-corrected chi connectivity index (χ1v) is 10.5. The molecule has 0 saturated carbocycles. The van der Waals surface area contributed by atoms with Gasteiger partial charge in [0.05, 0.1) is 13.4 Å². The quantitative estimate of drug-likeness (QED) is 0.334. The Labute approximate surface area is 196 Å². The van der Waals surface area contributed by atoms with E-state index in [0.717, 1.165) is 5.56 Å². The minimum Gasteiger partial charge on any atom is -0.508 e. The summed E-state index contributed by atoms with van der Waals surface area (Å²) in [6, 6.07) is 13.3. The number of nitrogens with one attached hydrogen (secondary N) is 3. The molecule has 2 aromatic carbocycles. The number of nitrogens with zero attached hydrogens (tertiary/aromatic N) is 1. The number of carbonyl (C=O) groups is 3. The molecule has 0 aliphatic carbocycles. The fourth-order valence-corrected chi connectivity index (χ4v) is 3.21. The zero-order chi connectivity index (χ0) is 24.3. The van der Waals surface area contributed by atoms with Crippen molar-refractivity contribution in [3.05, 3.63) is 83.9 Å². The minimum absolute atomic E-state index is 0.0384. The molecule has 0 bridgehead atoms. The van der Waals surface area contributed by atoms with Crippen molar-refractivity contribution in [2.75, 3.05) is 7.11 Å². The number of hydrogen-bond donors (Lipinski definition) is 4. The van der Waals surface area contributed by atoms with Crippen molar-refractivity contribution in [1.82, 2.24) is 20.6 Å². The standard InChI is InChI=1S/C24H26N4O6/c1-33-23(31)21(11-16-7-9-19(29)10-8-16)27-22(30)20(12-18-13-25-15-26-18)28-24(32)34-14-17-5-3-2-4-6-17/h2-10,13,15,20-21,29H,11-12,14H2,1H3,(H,25,26)(H,27,30)(H,28,32)/t20-,21-/m0/s1. The van der Waals surface area contributed by atoms with E-state index in [1.807, 2.05) is 30.3 Å². The lowest BCUT2D eigenvalue weighted by Gasteiger charge is -2.22. The second-order valence-electron chi connectivity index (χ2n) is 7.49. The summed E-state index contributed by atoms with van der Waals surface area (Å²) in [5.74, 6) is -1.16. The molecule has 34 heavy (non-hydrogen) atoms. The molecule has 0 radical (unpaired) electrons. The van der Waals surface area contributed by atoms with E-state index in [-0.39, 0.29) is 25.2 Å². The van der Waals surface area contributed by atoms with Gasteiger partial charge in [0, 0.05) is 24.7 Å². The fraction of sp³-hybridized carbons (Fsp3) is 0.250. The first-order chi connectivity index (χ1) is 16.4. The fourth-order valence-electron chi connectivity index (χ4n) is 3.21. The minimum atomic E-state index is -1.05. The van der Waals surface area contributed by atoms with Crippen LogP contribution in [0.25, 0.3) is 0 Å². The molecule has 0 aliphatic heterocycles. The van der Waals surface area contributed by atoms with E-state index in [4.69, 9.17) is 9.47 Å². The van der Waals surface area contributed by atoms with Crippen molar-refractivity contribution in [3.63, 3.8) is 0 Å². The third-order valence-corrected chi connectivity index (χ3v) is 4.98. The molecular formula is C24H26N4O6. The van der Waals surface area contributed by atoms with Gasteiger partial charge >= 0.3 is 12.1 Å². The average Bonchev–Trinajstić information content (AvgIpc) is 3.36. The summed E-state index contributed by atoms with van der Waals surface area (Å²) < 4.78 is 10.1. The van der Waals surface area contributed by atoms with Crippen LogP contribution in [0.15, 0.2) is 67.1 Å². The number of phenols is 1. The number of aromatic amines is 1. The normalized spacial score (nSPS) is 12.3. The van der Waals surface area contributed by atoms with Gasteiger partial charge in [-0.1, -0.05) is 42.5 Å². The molecule has 0 spiro atoms. The van der Waals surface area contributed by atoms with E-state index in [0.29, 0.717) is 11.3 Å². The van der Waals surface area contributed by atoms with Crippen molar-refractivity contribution in [1.29, 1.82) is 0 Å². The van der Waals surface area contributed by atoms with Gasteiger partial charge in [-0.05, 0) is 23.3 Å². The van der Waals surface area contributed by atoms with Crippen LogP contribution in [0.1, 0.15) is 16.8 Å². The number of aromatic hydroxyl groups is 1. The van der Waals surface area contributed by atoms with Crippen molar-refractivity contribution < 1.29 is 29.0 Å². The van der Waals surface area contributed by atoms with Crippen LogP contribution >= 0.6 is 0 Å². The summed E-state index contributed by atoms with van der Waals surface area (Å²) in [7, 11) is 1.22. The summed E-state index contributed by atoms with van der Waals surface area (Å²) in [4.78, 5) is 44.6. The molecule has 2 atom stereocenters. The van der Waals surface area contributed by atoms with Gasteiger partial charge in [-0.15, -0.1) is 0 Å². The molecule has 10 nitrogen and oxygen atoms in total. The zero-order valence-electron chi connectivity index (χ0n) is 18.6. The van der Waals surface area contributed by atoms with Crippen LogP contribution in [-0.4, -0.2) is 52.2 Å². The second kappa shape index (κ2) is 12.0. The Hall–Kier alpha value is -4.34. The number of ether oxygens (including phenoxy) is 2. The number of alkyl carbamates (subject to hydrolysis) is 1. The maximum absolute atomic E-state index is 13.1. The van der Waals surface area contributed by atoms with E-state index >= 15 is 0 Å². The van der Waals surface area contributed by atoms with Gasteiger partial charge in [0.25, 0.3) is 0 Å². The third kappa shape index (κ3) is 7.37. The van der Waals surface area contributed by atoms with Crippen molar-refractivity contribution in [3.8, 4) is 5.75 Å². The monoisotopic (exact) mass is 466 g/mol. The number of esters is 1. The number of imidazole rings is 1. The zero-order valence-corrected chi connectivity index (χ0v) is 18.6. The lowest BCUT2D eigenvalue weighted by molar-refractivity contribution is -0.145. The van der Waals surface area contributed by atoms with Crippen molar-refractivity contribution >= 4 is 18.0 Å². The molecule has 1 heterocycles. The number of carbonyl (C=O) groups excluding carboxylic acids is 3. The molecule has 2 amide bonds. The van der Waals surface area contributed by atoms with Crippen LogP contribution in [0.5, 0.6) is 5.75 Å². The third-order valence-electron chi connectivity index (χ3n) is 4.98. The smallest absolute Gasteiger partial charge is 0.408 e. The highest BCUT2D eigenvalue weighted by Crippen LogP contribution is 2.12. The summed E-state index contributed by atoms with van der Waals surface area (Å²) in [6.45, 7) is 0.0384. The van der Waals surface area contributed by atoms with E-state index in [1.54, 1.807) is 12.1 Å². The van der Waals surface area contributed by atoms with Gasteiger partial charge < -0.3 is 30.2 Å². The van der Waals surface area contributed by atoms with E-state index in [2.05, 4.69) is 20.6 Å². The molecule has 0 unspecified atom stereocenters. The summed E-state index contributed by atoms with van der Waals surface area (Å²) in [5.41, 5.74) is 2.11. The Bertz CT molecular complexity index is 1070. The van der Waals surface area contributed by atoms with Crippen LogP contribution in [0.3, 0.4) is 0 Å². The van der Waals surface area contributed by atoms with Crippen LogP contribution in [0.4, 0.5) is 4.79 Å². The Morgan fingerprint density at radius 1 is 0.971 bits per heavy atom. The Balaban J connectivity index is 1.68. The number of benzene rings is 2. The van der Waals surface area contributed by atoms with Crippen molar-refractivity contribution in [2.45, 2.75) is 31.5 Å². The molecule has 10 heteroatoms. The number of hydrogen-bond acceptors (Lipinski definition) is 7. The molecule has 3 aromatic rings. The van der Waals surface area contributed by atoms with Gasteiger partial charge in [0.1, 0.15) is 24.4 Å². The summed E-state index contributed by atoms with van der Waals surface area (Å²) in [6.07, 6.45) is 2.44. The van der Waals surface area contributed by atoms with Gasteiger partial charge in [0.2, 0.25) is 5.91 Å². The topological polar surface area (TPSA) is 143 Å². The van der Waals surface area contributed by atoms with E-state index < -0.39 is 30.1 Å². The highest BCUT2D eigenvalue weighted by Gasteiger charge is 2.28. The van der Waals surface area contributed by atoms with Crippen LogP contribution in [-0.2, 0) is 38.5 Å². The SMILES string of the molecule is COC(=O)[C@H](Cc1ccc(O)cc1)NC(=O)[C@H](Cc1cnc[nH]1)NC(=O)OCc1ccccc1. The van der Waals surface area contributed by atoms with Crippen LogP contribution in [0, 0.1) is 0 Å². The molecule has 0 fully saturated rings. The van der Waals surface area contributed by atoms with Crippen molar-refractivity contribution in [2.24, 2.45) is 0 Å². The average molecular weight is 466 g/mol. The first-order valence-electron chi connectivity index (χ1n) is 10.5. The predicted octanol–water partition coefficient (Wildman–Crippen LogP) is 1.85. The first kappa shape index (κ1) is 24.3. The number of methoxy groups -OCH3 is 1. The lowest BCUT2D eigenvalue weighted by atomic mass is 10.0. The number of amides is 2. The molecule has 0 saturated heterocycles. The number of phenolic OH excluding ortho intramolecular Hbond substituents is 1. The largest absolute Gasteiger partial charge is 0.508 e. The lowest BCUT2D eigenvalue weighted by Crippen LogP contribution is -2.53. The maximum atomic E-state index is 13.1. The number of rotatable bonds is 10. The van der Waals surface area contributed by atoms with Crippen LogP contribution in [0.2, 0.25) is 0 Å². The highest BCUT2D eigenvalue weighted by molar-refractivity contribution is 5.90.